The van der Waals surface area contributed by atoms with Crippen LogP contribution >= 0.6 is 0 Å². The minimum atomic E-state index is -0.398. The van der Waals surface area contributed by atoms with Gasteiger partial charge in [0.2, 0.25) is 0 Å². The van der Waals surface area contributed by atoms with Crippen LogP contribution in [0, 0.1) is 18.3 Å². The molecule has 1 amide bonds. The lowest BCUT2D eigenvalue weighted by Crippen LogP contribution is -2.17. The van der Waals surface area contributed by atoms with E-state index in [2.05, 4.69) is 44.4 Å². The average molecular weight is 376 g/mol. The molecule has 2 N–H and O–H groups in total. The number of nitriles is 1. The van der Waals surface area contributed by atoms with E-state index in [1.807, 2.05) is 43.3 Å². The van der Waals surface area contributed by atoms with Crippen LogP contribution < -0.4 is 10.6 Å². The van der Waals surface area contributed by atoms with Gasteiger partial charge in [0.05, 0.1) is 0 Å². The van der Waals surface area contributed by atoms with Gasteiger partial charge in [-0.2, -0.15) is 5.26 Å². The molecule has 0 spiro atoms. The number of para-hydroxylation sites is 2. The molecule has 0 radical (unpaired) electrons. The van der Waals surface area contributed by atoms with Crippen molar-refractivity contribution in [1.29, 1.82) is 5.26 Å². The van der Waals surface area contributed by atoms with Gasteiger partial charge in [0.15, 0.2) is 0 Å². The van der Waals surface area contributed by atoms with Crippen molar-refractivity contribution in [2.45, 2.75) is 53.4 Å². The maximum absolute atomic E-state index is 12.8. The predicted octanol–water partition coefficient (Wildman–Crippen LogP) is 5.70. The Kier molecular flexibility index (Phi) is 7.40. The molecule has 0 heterocycles. The van der Waals surface area contributed by atoms with Crippen molar-refractivity contribution < 1.29 is 4.79 Å². The molecule has 2 rings (SSSR count). The first kappa shape index (κ1) is 21.2. The minimum absolute atomic E-state index is 0.0471. The van der Waals surface area contributed by atoms with E-state index in [0.717, 1.165) is 46.5 Å². The van der Waals surface area contributed by atoms with Gasteiger partial charge in [0.1, 0.15) is 11.6 Å². The van der Waals surface area contributed by atoms with E-state index in [1.54, 1.807) is 0 Å². The summed E-state index contributed by atoms with van der Waals surface area (Å²) in [5, 5.41) is 15.7. The largest absolute Gasteiger partial charge is 0.360 e. The maximum atomic E-state index is 12.8. The van der Waals surface area contributed by atoms with Crippen LogP contribution in [0.2, 0.25) is 0 Å². The first-order valence-electron chi connectivity index (χ1n) is 9.81. The molecule has 0 aliphatic heterocycles. The Morgan fingerprint density at radius 3 is 2.21 bits per heavy atom. The van der Waals surface area contributed by atoms with E-state index in [4.69, 9.17) is 0 Å². The second-order valence-corrected chi connectivity index (χ2v) is 7.12. The molecule has 0 fully saturated rings. The quantitative estimate of drug-likeness (QED) is 0.482. The summed E-state index contributed by atoms with van der Waals surface area (Å²) in [4.78, 5) is 12.8. The second-order valence-electron chi connectivity index (χ2n) is 7.12. The molecule has 0 aliphatic carbocycles. The van der Waals surface area contributed by atoms with Crippen molar-refractivity contribution >= 4 is 17.3 Å². The summed E-state index contributed by atoms with van der Waals surface area (Å²) in [6.45, 7) is 10.4. The Hall–Kier alpha value is -3.06. The van der Waals surface area contributed by atoms with E-state index in [9.17, 15) is 10.1 Å². The number of carbonyl (C=O) groups is 1. The van der Waals surface area contributed by atoms with Crippen molar-refractivity contribution in [3.63, 3.8) is 0 Å². The fourth-order valence-corrected chi connectivity index (χ4v) is 3.25. The highest BCUT2D eigenvalue weighted by atomic mass is 16.1. The Morgan fingerprint density at radius 2 is 1.68 bits per heavy atom. The minimum Gasteiger partial charge on any atom is -0.360 e. The van der Waals surface area contributed by atoms with Crippen LogP contribution in [-0.2, 0) is 17.6 Å². The van der Waals surface area contributed by atoms with Gasteiger partial charge >= 0.3 is 0 Å². The molecule has 0 aromatic heterocycles. The van der Waals surface area contributed by atoms with Crippen molar-refractivity contribution in [1.82, 2.24) is 0 Å². The van der Waals surface area contributed by atoms with Crippen LogP contribution in [0.5, 0.6) is 0 Å². The third-order valence-corrected chi connectivity index (χ3v) is 4.89. The molecule has 0 saturated heterocycles. The molecule has 0 bridgehead atoms. The number of benzene rings is 2. The van der Waals surface area contributed by atoms with Gasteiger partial charge in [-0.15, -0.1) is 0 Å². The van der Waals surface area contributed by atoms with Crippen LogP contribution in [-0.4, -0.2) is 5.91 Å². The number of rotatable bonds is 7. The number of amides is 1. The van der Waals surface area contributed by atoms with E-state index in [-0.39, 0.29) is 5.57 Å². The number of aryl methyl sites for hydroxylation is 3. The molecule has 28 heavy (non-hydrogen) atoms. The number of anilines is 2. The molecular formula is C24H29N3O. The molecule has 146 valence electrons. The van der Waals surface area contributed by atoms with Gasteiger partial charge in [0.25, 0.3) is 5.91 Å². The van der Waals surface area contributed by atoms with Crippen molar-refractivity contribution in [2.75, 3.05) is 10.6 Å². The van der Waals surface area contributed by atoms with Gasteiger partial charge < -0.3 is 10.6 Å². The van der Waals surface area contributed by atoms with Crippen LogP contribution in [0.1, 0.15) is 55.9 Å². The zero-order valence-electron chi connectivity index (χ0n) is 17.4. The smallest absolute Gasteiger partial charge is 0.267 e. The fourth-order valence-electron chi connectivity index (χ4n) is 3.25. The maximum Gasteiger partial charge on any atom is 0.267 e. The summed E-state index contributed by atoms with van der Waals surface area (Å²) in [6.07, 6.45) is 3.13. The third-order valence-electron chi connectivity index (χ3n) is 4.89. The van der Waals surface area contributed by atoms with Crippen molar-refractivity contribution in [3.05, 3.63) is 70.4 Å². The summed E-state index contributed by atoms with van der Waals surface area (Å²) in [6, 6.07) is 14.1. The number of nitrogens with zero attached hydrogens (tertiary/aromatic N) is 1. The Bertz CT molecular complexity index is 898. The van der Waals surface area contributed by atoms with Crippen LogP contribution in [0.3, 0.4) is 0 Å². The molecule has 0 atom stereocenters. The SMILES string of the molecule is CCc1cccc(CC)c1NC(=O)/C(C#N)=C\Nc1c(C)cccc1C(C)C. The van der Waals surface area contributed by atoms with E-state index in [0.29, 0.717) is 5.92 Å². The molecule has 0 saturated carbocycles. The molecule has 2 aromatic carbocycles. The first-order valence-corrected chi connectivity index (χ1v) is 9.81. The molecule has 0 unspecified atom stereocenters. The second kappa shape index (κ2) is 9.75. The highest BCUT2D eigenvalue weighted by Crippen LogP contribution is 2.28. The van der Waals surface area contributed by atoms with Crippen LogP contribution in [0.25, 0.3) is 0 Å². The Labute approximate surface area is 168 Å². The number of nitrogens with one attached hydrogen (secondary N) is 2. The van der Waals surface area contributed by atoms with Gasteiger partial charge in [-0.3, -0.25) is 4.79 Å². The third kappa shape index (κ3) is 4.80. The number of hydrogen-bond donors (Lipinski definition) is 2. The van der Waals surface area contributed by atoms with Crippen molar-refractivity contribution in [2.24, 2.45) is 0 Å². The fraction of sp³-hybridized carbons (Fsp3) is 0.333. The lowest BCUT2D eigenvalue weighted by atomic mass is 9.98. The topological polar surface area (TPSA) is 64.9 Å². The van der Waals surface area contributed by atoms with Gasteiger partial charge in [-0.1, -0.05) is 64.1 Å². The van der Waals surface area contributed by atoms with E-state index >= 15 is 0 Å². The standard InChI is InChI=1S/C24H29N3O/c1-6-18-11-9-12-19(7-2)23(18)27-24(28)20(14-25)15-26-22-17(5)10-8-13-21(22)16(3)4/h8-13,15-16,26H,6-7H2,1-5H3,(H,27,28)/b20-15-. The summed E-state index contributed by atoms with van der Waals surface area (Å²) in [5.74, 6) is -0.0658. The summed E-state index contributed by atoms with van der Waals surface area (Å²) >= 11 is 0. The molecule has 2 aromatic rings. The van der Waals surface area contributed by atoms with Crippen molar-refractivity contribution in [3.8, 4) is 6.07 Å². The lowest BCUT2D eigenvalue weighted by Gasteiger charge is -2.16. The first-order chi connectivity index (χ1) is 13.4. The van der Waals surface area contributed by atoms with Crippen LogP contribution in [0.4, 0.5) is 11.4 Å². The van der Waals surface area contributed by atoms with E-state index < -0.39 is 5.91 Å². The Balaban J connectivity index is 2.30. The summed E-state index contributed by atoms with van der Waals surface area (Å²) in [5.41, 5.74) is 6.17. The van der Waals surface area contributed by atoms with Gasteiger partial charge in [-0.25, -0.2) is 0 Å². The molecule has 4 heteroatoms. The monoisotopic (exact) mass is 375 g/mol. The summed E-state index contributed by atoms with van der Waals surface area (Å²) in [7, 11) is 0. The molecule has 4 nitrogen and oxygen atoms in total. The highest BCUT2D eigenvalue weighted by Gasteiger charge is 2.15. The lowest BCUT2D eigenvalue weighted by molar-refractivity contribution is -0.112. The van der Waals surface area contributed by atoms with Crippen LogP contribution in [0.15, 0.2) is 48.2 Å². The van der Waals surface area contributed by atoms with Gasteiger partial charge in [-0.05, 0) is 47.9 Å². The van der Waals surface area contributed by atoms with E-state index in [1.165, 1.54) is 6.20 Å². The number of hydrogen-bond acceptors (Lipinski definition) is 3. The summed E-state index contributed by atoms with van der Waals surface area (Å²) < 4.78 is 0. The highest BCUT2D eigenvalue weighted by molar-refractivity contribution is 6.07. The normalized spacial score (nSPS) is 11.2. The molecular weight excluding hydrogens is 346 g/mol. The average Bonchev–Trinajstić information content (AvgIpc) is 2.69. The predicted molar refractivity (Wildman–Crippen MR) is 116 cm³/mol. The zero-order chi connectivity index (χ0) is 20.7. The number of carbonyl (C=O) groups excluding carboxylic acids is 1. The molecule has 0 aliphatic rings. The Morgan fingerprint density at radius 1 is 1.07 bits per heavy atom. The zero-order valence-corrected chi connectivity index (χ0v) is 17.4. The van der Waals surface area contributed by atoms with Gasteiger partial charge in [0, 0.05) is 17.6 Å².